The van der Waals surface area contributed by atoms with E-state index in [1.54, 1.807) is 0 Å². The minimum Gasteiger partial charge on any atom is -0.479 e. The van der Waals surface area contributed by atoms with E-state index in [0.717, 1.165) is 0 Å². The summed E-state index contributed by atoms with van der Waals surface area (Å²) in [6.45, 7) is -0.990. The molecule has 2 atom stereocenters. The Balaban J connectivity index is 3.71. The van der Waals surface area contributed by atoms with Gasteiger partial charge in [-0.3, -0.25) is 4.79 Å². The van der Waals surface area contributed by atoms with Crippen molar-refractivity contribution >= 4 is 11.9 Å². The number of ether oxygens (including phenoxy) is 1. The van der Waals surface area contributed by atoms with Gasteiger partial charge in [-0.05, 0) is 0 Å². The van der Waals surface area contributed by atoms with Crippen LogP contribution in [0.2, 0.25) is 0 Å². The Morgan fingerprint density at radius 2 is 1.86 bits per heavy atom. The SMILES string of the molecule is O=C(CC(O)C(=O)O)OCC(O)CO. The quantitative estimate of drug-likeness (QED) is 0.362. The van der Waals surface area contributed by atoms with Crippen LogP contribution in [-0.4, -0.2) is 57.8 Å². The van der Waals surface area contributed by atoms with Crippen LogP contribution in [0.4, 0.5) is 0 Å². The molecule has 2 unspecified atom stereocenters. The van der Waals surface area contributed by atoms with Gasteiger partial charge in [0, 0.05) is 0 Å². The van der Waals surface area contributed by atoms with Crippen LogP contribution in [0.3, 0.4) is 0 Å². The number of carboxylic acid groups (broad SMARTS) is 1. The molecule has 0 aliphatic rings. The molecule has 0 aliphatic heterocycles. The van der Waals surface area contributed by atoms with Gasteiger partial charge in [0.2, 0.25) is 0 Å². The molecule has 82 valence electrons. The van der Waals surface area contributed by atoms with Crippen LogP contribution in [0.5, 0.6) is 0 Å². The van der Waals surface area contributed by atoms with Gasteiger partial charge in [0.15, 0.2) is 6.10 Å². The number of carbonyl (C=O) groups is 2. The standard InChI is InChI=1S/C7H12O7/c8-2-4(9)3-14-6(11)1-5(10)7(12)13/h4-5,8-10H,1-3H2,(H,12,13). The first-order valence-corrected chi connectivity index (χ1v) is 3.82. The van der Waals surface area contributed by atoms with Crippen LogP contribution in [0, 0.1) is 0 Å². The van der Waals surface area contributed by atoms with Gasteiger partial charge >= 0.3 is 11.9 Å². The highest BCUT2D eigenvalue weighted by atomic mass is 16.5. The van der Waals surface area contributed by atoms with Gasteiger partial charge in [-0.2, -0.15) is 0 Å². The number of aliphatic hydroxyl groups excluding tert-OH is 3. The van der Waals surface area contributed by atoms with Crippen molar-refractivity contribution < 1.29 is 34.8 Å². The number of hydrogen-bond acceptors (Lipinski definition) is 6. The summed E-state index contributed by atoms with van der Waals surface area (Å²) in [5.74, 6) is -2.47. The maximum Gasteiger partial charge on any atom is 0.333 e. The lowest BCUT2D eigenvalue weighted by molar-refractivity contribution is -0.157. The normalized spacial score (nSPS) is 14.5. The number of rotatable bonds is 6. The zero-order chi connectivity index (χ0) is 11.1. The second-order valence-corrected chi connectivity index (χ2v) is 2.58. The van der Waals surface area contributed by atoms with Crippen molar-refractivity contribution in [3.63, 3.8) is 0 Å². The summed E-state index contributed by atoms with van der Waals surface area (Å²) >= 11 is 0. The van der Waals surface area contributed by atoms with Crippen molar-refractivity contribution in [1.29, 1.82) is 0 Å². The van der Waals surface area contributed by atoms with Crippen LogP contribution in [-0.2, 0) is 14.3 Å². The van der Waals surface area contributed by atoms with Gasteiger partial charge in [0.05, 0.1) is 13.0 Å². The molecule has 0 spiro atoms. The smallest absolute Gasteiger partial charge is 0.333 e. The van der Waals surface area contributed by atoms with E-state index in [9.17, 15) is 9.59 Å². The van der Waals surface area contributed by atoms with Crippen molar-refractivity contribution in [3.8, 4) is 0 Å². The molecule has 0 aromatic carbocycles. The van der Waals surface area contributed by atoms with Crippen LogP contribution in [0.15, 0.2) is 0 Å². The van der Waals surface area contributed by atoms with E-state index in [-0.39, 0.29) is 0 Å². The van der Waals surface area contributed by atoms with Crippen LogP contribution in [0.25, 0.3) is 0 Å². The Hall–Kier alpha value is -1.18. The predicted octanol–water partition coefficient (Wildman–Crippen LogP) is -2.28. The van der Waals surface area contributed by atoms with E-state index in [4.69, 9.17) is 20.4 Å². The molecule has 0 amide bonds. The van der Waals surface area contributed by atoms with E-state index in [1.807, 2.05) is 0 Å². The molecule has 0 aliphatic carbocycles. The highest BCUT2D eigenvalue weighted by Gasteiger charge is 2.19. The van der Waals surface area contributed by atoms with Crippen molar-refractivity contribution in [2.24, 2.45) is 0 Å². The minimum absolute atomic E-state index is 0.429. The van der Waals surface area contributed by atoms with Gasteiger partial charge in [-0.1, -0.05) is 0 Å². The average Bonchev–Trinajstić information content (AvgIpc) is 2.13. The third-order valence-corrected chi connectivity index (χ3v) is 1.29. The first kappa shape index (κ1) is 12.8. The second kappa shape index (κ2) is 6.30. The summed E-state index contributed by atoms with van der Waals surface area (Å²) < 4.78 is 4.34. The molecule has 0 rings (SSSR count). The van der Waals surface area contributed by atoms with Crippen LogP contribution >= 0.6 is 0 Å². The Labute approximate surface area is 79.5 Å². The van der Waals surface area contributed by atoms with Crippen molar-refractivity contribution in [1.82, 2.24) is 0 Å². The van der Waals surface area contributed by atoms with Crippen molar-refractivity contribution in [2.75, 3.05) is 13.2 Å². The van der Waals surface area contributed by atoms with E-state index >= 15 is 0 Å². The molecule has 7 nitrogen and oxygen atoms in total. The largest absolute Gasteiger partial charge is 0.479 e. The molecule has 14 heavy (non-hydrogen) atoms. The lowest BCUT2D eigenvalue weighted by atomic mass is 10.2. The zero-order valence-electron chi connectivity index (χ0n) is 7.29. The van der Waals surface area contributed by atoms with Crippen molar-refractivity contribution in [2.45, 2.75) is 18.6 Å². The monoisotopic (exact) mass is 208 g/mol. The van der Waals surface area contributed by atoms with Gasteiger partial charge in [0.25, 0.3) is 0 Å². The summed E-state index contributed by atoms with van der Waals surface area (Å²) in [5.41, 5.74) is 0. The predicted molar refractivity (Wildman–Crippen MR) is 42.3 cm³/mol. The van der Waals surface area contributed by atoms with E-state index in [0.29, 0.717) is 0 Å². The molecule has 0 saturated carbocycles. The fourth-order valence-electron chi connectivity index (χ4n) is 0.546. The van der Waals surface area contributed by atoms with E-state index < -0.39 is 43.8 Å². The summed E-state index contributed by atoms with van der Waals surface area (Å²) in [5, 5.41) is 34.0. The number of carboxylic acids is 1. The third-order valence-electron chi connectivity index (χ3n) is 1.29. The number of aliphatic hydroxyl groups is 3. The highest BCUT2D eigenvalue weighted by molar-refractivity contribution is 5.80. The first-order chi connectivity index (χ1) is 6.47. The van der Waals surface area contributed by atoms with E-state index in [1.165, 1.54) is 0 Å². The number of hydrogen-bond donors (Lipinski definition) is 4. The fourth-order valence-corrected chi connectivity index (χ4v) is 0.546. The lowest BCUT2D eigenvalue weighted by Gasteiger charge is -2.09. The van der Waals surface area contributed by atoms with Crippen molar-refractivity contribution in [3.05, 3.63) is 0 Å². The molecule has 0 bridgehead atoms. The van der Waals surface area contributed by atoms with Gasteiger partial charge < -0.3 is 25.2 Å². The molecule has 7 heteroatoms. The second-order valence-electron chi connectivity index (χ2n) is 2.58. The Bertz CT molecular complexity index is 202. The summed E-state index contributed by atoms with van der Waals surface area (Å²) in [6, 6.07) is 0. The molecule has 0 aromatic rings. The molecular formula is C7H12O7. The maximum atomic E-state index is 10.7. The summed E-state index contributed by atoms with van der Waals surface area (Å²) in [4.78, 5) is 20.8. The Morgan fingerprint density at radius 1 is 1.29 bits per heavy atom. The molecule has 0 radical (unpaired) electrons. The minimum atomic E-state index is -1.81. The fraction of sp³-hybridized carbons (Fsp3) is 0.714. The average molecular weight is 208 g/mol. The number of aliphatic carboxylic acids is 1. The number of carbonyl (C=O) groups excluding carboxylic acids is 1. The molecule has 0 saturated heterocycles. The maximum absolute atomic E-state index is 10.7. The molecular weight excluding hydrogens is 196 g/mol. The van der Waals surface area contributed by atoms with Gasteiger partial charge in [-0.15, -0.1) is 0 Å². The Kier molecular flexibility index (Phi) is 5.77. The molecule has 0 heterocycles. The molecule has 0 fully saturated rings. The first-order valence-electron chi connectivity index (χ1n) is 3.82. The summed E-state index contributed by atoms with van der Waals surface area (Å²) in [6.07, 6.45) is -3.69. The topological polar surface area (TPSA) is 124 Å². The van der Waals surface area contributed by atoms with Crippen LogP contribution in [0.1, 0.15) is 6.42 Å². The third kappa shape index (κ3) is 5.46. The zero-order valence-corrected chi connectivity index (χ0v) is 7.29. The number of esters is 1. The van der Waals surface area contributed by atoms with Gasteiger partial charge in [-0.25, -0.2) is 4.79 Å². The highest BCUT2D eigenvalue weighted by Crippen LogP contribution is 1.95. The van der Waals surface area contributed by atoms with Gasteiger partial charge in [0.1, 0.15) is 12.7 Å². The molecule has 0 aromatic heterocycles. The van der Waals surface area contributed by atoms with E-state index in [2.05, 4.69) is 4.74 Å². The van der Waals surface area contributed by atoms with Crippen LogP contribution < -0.4 is 0 Å². The lowest BCUT2D eigenvalue weighted by Crippen LogP contribution is -2.27. The molecule has 4 N–H and O–H groups in total. The Morgan fingerprint density at radius 3 is 2.29 bits per heavy atom. The summed E-state index contributed by atoms with van der Waals surface area (Å²) in [7, 11) is 0.